The minimum absolute atomic E-state index is 0.0415. The fourth-order valence-electron chi connectivity index (χ4n) is 1.19. The third-order valence-electron chi connectivity index (χ3n) is 1.95. The average molecular weight is 449 g/mol. The van der Waals surface area contributed by atoms with Crippen LogP contribution in [0.1, 0.15) is 16.8 Å². The Kier molecular flexibility index (Phi) is 6.31. The fraction of sp³-hybridized carbons (Fsp3) is 0.250. The standard InChI is InChI=1S/C12H9BrF3IO2/c13-9-3-1-2-8(6-9)11(18)19-5-4-10(17)7-12(14,15)16/h1-3,6-7H,4-5H2. The Morgan fingerprint density at radius 1 is 1.42 bits per heavy atom. The molecule has 0 unspecified atom stereocenters. The summed E-state index contributed by atoms with van der Waals surface area (Å²) in [6.45, 7) is -0.0871. The molecule has 2 nitrogen and oxygen atoms in total. The summed E-state index contributed by atoms with van der Waals surface area (Å²) in [7, 11) is 0. The van der Waals surface area contributed by atoms with Gasteiger partial charge in [0.25, 0.3) is 0 Å². The molecule has 0 saturated heterocycles. The van der Waals surface area contributed by atoms with E-state index in [-0.39, 0.29) is 22.7 Å². The predicted octanol–water partition coefficient (Wildman–Crippen LogP) is 4.88. The molecule has 1 rings (SSSR count). The van der Waals surface area contributed by atoms with Crippen molar-refractivity contribution in [3.05, 3.63) is 44.0 Å². The number of benzene rings is 1. The summed E-state index contributed by atoms with van der Waals surface area (Å²) in [5.41, 5.74) is 0.351. The van der Waals surface area contributed by atoms with Gasteiger partial charge in [-0.3, -0.25) is 0 Å². The molecule has 0 N–H and O–H groups in total. The molecule has 0 radical (unpaired) electrons. The van der Waals surface area contributed by atoms with Crippen molar-refractivity contribution in [1.82, 2.24) is 0 Å². The fourth-order valence-corrected chi connectivity index (χ4v) is 2.16. The first kappa shape index (κ1) is 16.5. The molecule has 0 spiro atoms. The van der Waals surface area contributed by atoms with E-state index in [4.69, 9.17) is 4.74 Å². The number of ether oxygens (including phenoxy) is 1. The third-order valence-corrected chi connectivity index (χ3v) is 3.30. The van der Waals surface area contributed by atoms with E-state index in [1.807, 2.05) is 0 Å². The number of hydrogen-bond acceptors (Lipinski definition) is 2. The number of allylic oxidation sites excluding steroid dienone is 1. The van der Waals surface area contributed by atoms with E-state index in [1.165, 1.54) is 0 Å². The molecule has 1 aromatic carbocycles. The zero-order valence-corrected chi connectivity index (χ0v) is 13.3. The summed E-state index contributed by atoms with van der Waals surface area (Å²) in [5.74, 6) is -0.558. The Bertz CT molecular complexity index is 486. The molecule has 0 amide bonds. The van der Waals surface area contributed by atoms with Gasteiger partial charge in [-0.05, 0) is 44.4 Å². The lowest BCUT2D eigenvalue weighted by Gasteiger charge is -2.06. The molecular weight excluding hydrogens is 440 g/mol. The van der Waals surface area contributed by atoms with Gasteiger partial charge in [0.15, 0.2) is 0 Å². The van der Waals surface area contributed by atoms with Gasteiger partial charge in [-0.1, -0.05) is 22.0 Å². The highest BCUT2D eigenvalue weighted by Gasteiger charge is 2.23. The van der Waals surface area contributed by atoms with Gasteiger partial charge in [-0.2, -0.15) is 13.2 Å². The smallest absolute Gasteiger partial charge is 0.410 e. The normalized spacial score (nSPS) is 12.4. The zero-order chi connectivity index (χ0) is 14.5. The lowest BCUT2D eigenvalue weighted by atomic mass is 10.2. The second-order valence-electron chi connectivity index (χ2n) is 3.53. The molecule has 0 aliphatic rings. The minimum Gasteiger partial charge on any atom is -0.462 e. The van der Waals surface area contributed by atoms with Crippen LogP contribution >= 0.6 is 38.5 Å². The molecule has 7 heteroatoms. The van der Waals surface area contributed by atoms with Crippen molar-refractivity contribution in [2.24, 2.45) is 0 Å². The maximum Gasteiger partial charge on any atom is 0.410 e. The minimum atomic E-state index is -4.34. The van der Waals surface area contributed by atoms with Gasteiger partial charge < -0.3 is 4.74 Å². The molecule has 0 aliphatic heterocycles. The Balaban J connectivity index is 2.46. The Morgan fingerprint density at radius 3 is 2.68 bits per heavy atom. The van der Waals surface area contributed by atoms with Crippen LogP contribution in [0.15, 0.2) is 38.4 Å². The summed E-state index contributed by atoms with van der Waals surface area (Å²) >= 11 is 4.79. The summed E-state index contributed by atoms with van der Waals surface area (Å²) in [5, 5.41) is 0. The highest BCUT2D eigenvalue weighted by molar-refractivity contribution is 14.1. The highest BCUT2D eigenvalue weighted by Crippen LogP contribution is 2.23. The number of rotatable bonds is 4. The molecular formula is C12H9BrF3IO2. The van der Waals surface area contributed by atoms with Crippen LogP contribution in [-0.4, -0.2) is 18.8 Å². The second kappa shape index (κ2) is 7.28. The van der Waals surface area contributed by atoms with Crippen LogP contribution in [0.3, 0.4) is 0 Å². The Labute approximate surface area is 130 Å². The van der Waals surface area contributed by atoms with Crippen LogP contribution in [-0.2, 0) is 4.74 Å². The zero-order valence-electron chi connectivity index (χ0n) is 9.51. The number of hydrogen-bond donors (Lipinski definition) is 0. The number of carbonyl (C=O) groups is 1. The van der Waals surface area contributed by atoms with E-state index < -0.39 is 12.1 Å². The van der Waals surface area contributed by atoms with Crippen LogP contribution in [0, 0.1) is 0 Å². The van der Waals surface area contributed by atoms with E-state index in [9.17, 15) is 18.0 Å². The predicted molar refractivity (Wildman–Crippen MR) is 77.2 cm³/mol. The van der Waals surface area contributed by atoms with Crippen LogP contribution in [0.4, 0.5) is 13.2 Å². The molecule has 0 aliphatic carbocycles. The van der Waals surface area contributed by atoms with Gasteiger partial charge in [0.05, 0.1) is 12.2 Å². The van der Waals surface area contributed by atoms with Gasteiger partial charge in [0, 0.05) is 17.0 Å². The Morgan fingerprint density at radius 2 is 2.11 bits per heavy atom. The molecule has 0 saturated carbocycles. The topological polar surface area (TPSA) is 26.3 Å². The second-order valence-corrected chi connectivity index (χ2v) is 5.83. The summed E-state index contributed by atoms with van der Waals surface area (Å²) in [4.78, 5) is 11.6. The van der Waals surface area contributed by atoms with E-state index >= 15 is 0 Å². The lowest BCUT2D eigenvalue weighted by Crippen LogP contribution is -2.07. The van der Waals surface area contributed by atoms with Gasteiger partial charge in [-0.15, -0.1) is 0 Å². The van der Waals surface area contributed by atoms with Gasteiger partial charge in [-0.25, -0.2) is 4.79 Å². The van der Waals surface area contributed by atoms with Crippen molar-refractivity contribution in [1.29, 1.82) is 0 Å². The van der Waals surface area contributed by atoms with Crippen molar-refractivity contribution in [2.45, 2.75) is 12.6 Å². The molecule has 104 valence electrons. The van der Waals surface area contributed by atoms with Crippen molar-refractivity contribution >= 4 is 44.5 Å². The van der Waals surface area contributed by atoms with E-state index in [2.05, 4.69) is 15.9 Å². The van der Waals surface area contributed by atoms with Crippen molar-refractivity contribution < 1.29 is 22.7 Å². The van der Waals surface area contributed by atoms with Crippen LogP contribution in [0.5, 0.6) is 0 Å². The molecule has 0 bridgehead atoms. The monoisotopic (exact) mass is 448 g/mol. The van der Waals surface area contributed by atoms with Gasteiger partial charge in [0.2, 0.25) is 0 Å². The lowest BCUT2D eigenvalue weighted by molar-refractivity contribution is -0.0801. The number of alkyl halides is 3. The summed E-state index contributed by atoms with van der Waals surface area (Å²) in [6, 6.07) is 6.59. The third kappa shape index (κ3) is 6.95. The van der Waals surface area contributed by atoms with Crippen molar-refractivity contribution in [3.8, 4) is 0 Å². The number of halogens is 5. The Hall–Kier alpha value is -0.570. The molecule has 0 atom stereocenters. The summed E-state index contributed by atoms with van der Waals surface area (Å²) in [6.07, 6.45) is -4.11. The molecule has 19 heavy (non-hydrogen) atoms. The molecule has 0 aromatic heterocycles. The maximum atomic E-state index is 12.0. The largest absolute Gasteiger partial charge is 0.462 e. The first-order chi connectivity index (χ1) is 8.78. The van der Waals surface area contributed by atoms with Crippen LogP contribution in [0.2, 0.25) is 0 Å². The molecule has 0 fully saturated rings. The van der Waals surface area contributed by atoms with E-state index in [0.29, 0.717) is 5.56 Å². The van der Waals surface area contributed by atoms with Crippen LogP contribution < -0.4 is 0 Å². The SMILES string of the molecule is O=C(OCCC(I)=CC(F)(F)F)c1cccc(Br)c1. The average Bonchev–Trinajstić information content (AvgIpc) is 2.26. The van der Waals surface area contributed by atoms with Gasteiger partial charge >= 0.3 is 12.1 Å². The first-order valence-electron chi connectivity index (χ1n) is 5.14. The molecule has 0 heterocycles. The van der Waals surface area contributed by atoms with Crippen molar-refractivity contribution in [3.63, 3.8) is 0 Å². The van der Waals surface area contributed by atoms with Crippen LogP contribution in [0.25, 0.3) is 0 Å². The number of carbonyl (C=O) groups excluding carboxylic acids is 1. The van der Waals surface area contributed by atoms with E-state index in [1.54, 1.807) is 46.9 Å². The molecule has 1 aromatic rings. The number of esters is 1. The van der Waals surface area contributed by atoms with Crippen molar-refractivity contribution in [2.75, 3.05) is 6.61 Å². The van der Waals surface area contributed by atoms with Gasteiger partial charge in [0.1, 0.15) is 0 Å². The maximum absolute atomic E-state index is 12.0. The summed E-state index contributed by atoms with van der Waals surface area (Å²) < 4.78 is 41.7. The van der Waals surface area contributed by atoms with E-state index in [0.717, 1.165) is 4.47 Å². The first-order valence-corrected chi connectivity index (χ1v) is 7.02. The highest BCUT2D eigenvalue weighted by atomic mass is 127. The quantitative estimate of drug-likeness (QED) is 0.485.